The van der Waals surface area contributed by atoms with Crippen LogP contribution in [0.5, 0.6) is 0 Å². The van der Waals surface area contributed by atoms with Gasteiger partial charge >= 0.3 is 0 Å². The number of hydrazine groups is 1. The van der Waals surface area contributed by atoms with Crippen molar-refractivity contribution in [3.8, 4) is 0 Å². The molecular weight excluding hydrogens is 560 g/mol. The molecule has 2 atom stereocenters. The maximum absolute atomic E-state index is 14.0. The Bertz CT molecular complexity index is 1210. The molecule has 3 heterocycles. The largest absolute Gasteiger partial charge is 0.344 e. The van der Waals surface area contributed by atoms with Crippen molar-refractivity contribution in [2.75, 3.05) is 59.4 Å². The van der Waals surface area contributed by atoms with Crippen LogP contribution in [0.4, 0.5) is 0 Å². The predicted molar refractivity (Wildman–Crippen MR) is 173 cm³/mol. The van der Waals surface area contributed by atoms with Crippen LogP contribution < -0.4 is 10.6 Å². The van der Waals surface area contributed by atoms with Gasteiger partial charge in [0.1, 0.15) is 6.04 Å². The Morgan fingerprint density at radius 2 is 1.70 bits per heavy atom. The zero-order valence-electron chi connectivity index (χ0n) is 26.1. The number of rotatable bonds is 10. The molecule has 43 heavy (non-hydrogen) atoms. The van der Waals surface area contributed by atoms with Crippen LogP contribution in [-0.2, 0) is 22.4 Å². The van der Waals surface area contributed by atoms with E-state index in [1.165, 1.54) is 11.1 Å². The average molecular weight is 609 g/mol. The molecule has 2 N–H and O–H groups in total. The molecule has 9 heteroatoms. The highest BCUT2D eigenvalue weighted by molar-refractivity contribution is 6.30. The fourth-order valence-corrected chi connectivity index (χ4v) is 6.92. The number of likely N-dealkylation sites (N-methyl/N-ethyl adjacent to an activating group) is 1. The number of halogens is 1. The Balaban J connectivity index is 1.24. The number of fused-ring (bicyclic) bond motifs is 1. The summed E-state index contributed by atoms with van der Waals surface area (Å²) in [4.78, 5) is 31.8. The molecule has 0 radical (unpaired) electrons. The second-order valence-corrected chi connectivity index (χ2v) is 13.4. The molecule has 8 nitrogen and oxygen atoms in total. The zero-order chi connectivity index (χ0) is 30.3. The second kappa shape index (κ2) is 15.0. The summed E-state index contributed by atoms with van der Waals surface area (Å²) < 4.78 is 0. The summed E-state index contributed by atoms with van der Waals surface area (Å²) in [7, 11) is 2.19. The van der Waals surface area contributed by atoms with Crippen LogP contribution in [0.25, 0.3) is 0 Å². The summed E-state index contributed by atoms with van der Waals surface area (Å²) in [5.74, 6) is 0.479. The lowest BCUT2D eigenvalue weighted by Crippen LogP contribution is -2.60. The van der Waals surface area contributed by atoms with Gasteiger partial charge in [-0.3, -0.25) is 9.59 Å². The van der Waals surface area contributed by atoms with E-state index in [2.05, 4.69) is 64.6 Å². The second-order valence-electron chi connectivity index (χ2n) is 12.9. The van der Waals surface area contributed by atoms with Crippen molar-refractivity contribution in [1.29, 1.82) is 0 Å². The SMILES string of the molecule is CC(C)CN(C1CCN(C(=O)[C@@H](Cc2ccc(Cl)cc2)NC(=O)CC2NCCc3ccccc32)CC1)N1CCN(C)CC1. The molecule has 3 aliphatic rings. The van der Waals surface area contributed by atoms with Gasteiger partial charge in [-0.05, 0) is 67.6 Å². The minimum Gasteiger partial charge on any atom is -0.344 e. The quantitative estimate of drug-likeness (QED) is 0.428. The van der Waals surface area contributed by atoms with Gasteiger partial charge in [0.05, 0.1) is 0 Å². The van der Waals surface area contributed by atoms with E-state index < -0.39 is 6.04 Å². The summed E-state index contributed by atoms with van der Waals surface area (Å²) in [6, 6.07) is 15.7. The highest BCUT2D eigenvalue weighted by atomic mass is 35.5. The summed E-state index contributed by atoms with van der Waals surface area (Å²) >= 11 is 6.14. The van der Waals surface area contributed by atoms with E-state index in [1.807, 2.05) is 35.2 Å². The van der Waals surface area contributed by atoms with Crippen molar-refractivity contribution in [1.82, 2.24) is 30.5 Å². The van der Waals surface area contributed by atoms with Crippen LogP contribution in [0.2, 0.25) is 5.02 Å². The fourth-order valence-electron chi connectivity index (χ4n) is 6.80. The summed E-state index contributed by atoms with van der Waals surface area (Å²) in [5, 5.41) is 12.5. The maximum Gasteiger partial charge on any atom is 0.245 e. The zero-order valence-corrected chi connectivity index (χ0v) is 26.9. The van der Waals surface area contributed by atoms with E-state index in [0.717, 1.165) is 64.1 Å². The highest BCUT2D eigenvalue weighted by Gasteiger charge is 2.34. The Hall–Kier alpha value is -2.49. The Morgan fingerprint density at radius 3 is 2.40 bits per heavy atom. The van der Waals surface area contributed by atoms with Gasteiger partial charge in [-0.1, -0.05) is 61.8 Å². The minimum absolute atomic E-state index is 0.00811. The molecule has 2 aromatic carbocycles. The number of likely N-dealkylation sites (tertiary alicyclic amines) is 1. The van der Waals surface area contributed by atoms with Gasteiger partial charge in [0, 0.05) is 75.8 Å². The summed E-state index contributed by atoms with van der Waals surface area (Å²) in [5.41, 5.74) is 3.45. The van der Waals surface area contributed by atoms with E-state index >= 15 is 0 Å². The van der Waals surface area contributed by atoms with Crippen molar-refractivity contribution in [3.63, 3.8) is 0 Å². The molecular formula is C34H49ClN6O2. The van der Waals surface area contributed by atoms with Crippen molar-refractivity contribution in [2.24, 2.45) is 5.92 Å². The molecule has 2 fully saturated rings. The van der Waals surface area contributed by atoms with E-state index in [1.54, 1.807) is 0 Å². The number of nitrogens with zero attached hydrogens (tertiary/aromatic N) is 4. The predicted octanol–water partition coefficient (Wildman–Crippen LogP) is 3.76. The molecule has 0 saturated carbocycles. The number of piperazine rings is 1. The maximum atomic E-state index is 14.0. The Morgan fingerprint density at radius 1 is 1.00 bits per heavy atom. The van der Waals surface area contributed by atoms with Crippen LogP contribution >= 0.6 is 11.6 Å². The lowest BCUT2D eigenvalue weighted by atomic mass is 9.92. The van der Waals surface area contributed by atoms with E-state index in [4.69, 9.17) is 11.6 Å². The fraction of sp³-hybridized carbons (Fsp3) is 0.588. The molecule has 0 aromatic heterocycles. The van der Waals surface area contributed by atoms with Crippen molar-refractivity contribution in [3.05, 3.63) is 70.2 Å². The molecule has 2 amide bonds. The normalized spacial score (nSPS) is 21.2. The van der Waals surface area contributed by atoms with Crippen LogP contribution in [0.1, 0.15) is 55.8 Å². The first-order chi connectivity index (χ1) is 20.8. The van der Waals surface area contributed by atoms with E-state index in [9.17, 15) is 9.59 Å². The topological polar surface area (TPSA) is 71.2 Å². The molecule has 2 saturated heterocycles. The number of carbonyl (C=O) groups is 2. The van der Waals surface area contributed by atoms with Gasteiger partial charge in [-0.15, -0.1) is 0 Å². The van der Waals surface area contributed by atoms with Gasteiger partial charge in [0.15, 0.2) is 0 Å². The lowest BCUT2D eigenvalue weighted by molar-refractivity contribution is -0.141. The first kappa shape index (κ1) is 31.9. The van der Waals surface area contributed by atoms with Gasteiger partial charge in [-0.2, -0.15) is 0 Å². The molecule has 2 aromatic rings. The highest BCUT2D eigenvalue weighted by Crippen LogP contribution is 2.26. The smallest absolute Gasteiger partial charge is 0.245 e. The number of hydrogen-bond donors (Lipinski definition) is 2. The number of piperidine rings is 1. The summed E-state index contributed by atoms with van der Waals surface area (Å²) in [6.45, 7) is 12.1. The van der Waals surface area contributed by atoms with Gasteiger partial charge in [-0.25, -0.2) is 10.0 Å². The molecule has 234 valence electrons. The number of hydrogen-bond acceptors (Lipinski definition) is 6. The van der Waals surface area contributed by atoms with Crippen LogP contribution in [0.3, 0.4) is 0 Å². The van der Waals surface area contributed by atoms with Gasteiger partial charge < -0.3 is 20.4 Å². The third-order valence-electron chi connectivity index (χ3n) is 9.18. The molecule has 0 aliphatic carbocycles. The third-order valence-corrected chi connectivity index (χ3v) is 9.44. The third kappa shape index (κ3) is 8.58. The molecule has 0 spiro atoms. The van der Waals surface area contributed by atoms with Crippen molar-refractivity contribution in [2.45, 2.75) is 64.1 Å². The first-order valence-electron chi connectivity index (χ1n) is 16.1. The van der Waals surface area contributed by atoms with Gasteiger partial charge in [0.25, 0.3) is 0 Å². The Labute approximate surface area is 262 Å². The molecule has 3 aliphatic heterocycles. The van der Waals surface area contributed by atoms with Gasteiger partial charge in [0.2, 0.25) is 11.8 Å². The van der Waals surface area contributed by atoms with Crippen molar-refractivity contribution < 1.29 is 9.59 Å². The van der Waals surface area contributed by atoms with E-state index in [0.29, 0.717) is 42.9 Å². The molecule has 1 unspecified atom stereocenters. The molecule has 0 bridgehead atoms. The minimum atomic E-state index is -0.617. The summed E-state index contributed by atoms with van der Waals surface area (Å²) in [6.07, 6.45) is 3.59. The lowest BCUT2D eigenvalue weighted by Gasteiger charge is -2.47. The van der Waals surface area contributed by atoms with Crippen LogP contribution in [0, 0.1) is 5.92 Å². The van der Waals surface area contributed by atoms with Crippen molar-refractivity contribution >= 4 is 23.4 Å². The van der Waals surface area contributed by atoms with Crippen LogP contribution in [0.15, 0.2) is 48.5 Å². The standard InChI is InChI=1S/C34H49ClN6O2/c1-25(2)24-41(40-20-18-38(3)19-21-40)29-13-16-39(17-14-29)34(43)32(22-26-8-10-28(35)11-9-26)37-33(42)23-31-30-7-5-4-6-27(30)12-15-36-31/h4-11,25,29,31-32,36H,12-24H2,1-3H3,(H,37,42)/t31?,32-/m1/s1. The Kier molecular flexibility index (Phi) is 11.1. The molecule has 5 rings (SSSR count). The number of amides is 2. The first-order valence-corrected chi connectivity index (χ1v) is 16.5. The monoisotopic (exact) mass is 608 g/mol. The number of carbonyl (C=O) groups excluding carboxylic acids is 2. The average Bonchev–Trinajstić information content (AvgIpc) is 3.01. The van der Waals surface area contributed by atoms with E-state index in [-0.39, 0.29) is 17.9 Å². The number of benzene rings is 2. The number of nitrogens with one attached hydrogen (secondary N) is 2. The van der Waals surface area contributed by atoms with Crippen LogP contribution in [-0.4, -0.2) is 103 Å².